The molecule has 0 aromatic heterocycles. The normalized spacial score (nSPS) is 35.3. The summed E-state index contributed by atoms with van der Waals surface area (Å²) in [5.74, 6) is -1.26. The van der Waals surface area contributed by atoms with Gasteiger partial charge in [0.2, 0.25) is 12.7 Å². The Kier molecular flexibility index (Phi) is 2.81. The highest BCUT2D eigenvalue weighted by Crippen LogP contribution is 2.53. The number of nitrogens with zero attached hydrogens (tertiary/aromatic N) is 1. The van der Waals surface area contributed by atoms with Crippen LogP contribution in [0.2, 0.25) is 0 Å². The molecule has 7 heteroatoms. The Labute approximate surface area is 143 Å². The third-order valence-electron chi connectivity index (χ3n) is 5.76. The molecule has 25 heavy (non-hydrogen) atoms. The van der Waals surface area contributed by atoms with Crippen LogP contribution in [-0.4, -0.2) is 46.9 Å². The third kappa shape index (κ3) is 1.84. The molecule has 0 unspecified atom stereocenters. The van der Waals surface area contributed by atoms with Crippen molar-refractivity contribution in [3.63, 3.8) is 0 Å². The topological polar surface area (TPSA) is 85.3 Å². The molecule has 5 atom stereocenters. The van der Waals surface area contributed by atoms with Gasteiger partial charge < -0.3 is 24.2 Å². The lowest BCUT2D eigenvalue weighted by molar-refractivity contribution is -0.148. The lowest BCUT2D eigenvalue weighted by Crippen LogP contribution is -2.39. The third-order valence-corrected chi connectivity index (χ3v) is 5.76. The predicted octanol–water partition coefficient (Wildman–Crippen LogP) is 1.34. The van der Waals surface area contributed by atoms with Crippen LogP contribution >= 0.6 is 0 Å². The first-order valence-corrected chi connectivity index (χ1v) is 8.30. The number of aliphatic carboxylic acids is 1. The number of hydrogen-bond donors (Lipinski definition) is 1. The Balaban J connectivity index is 1.47. The lowest BCUT2D eigenvalue weighted by atomic mass is 9.77. The van der Waals surface area contributed by atoms with Crippen molar-refractivity contribution in [2.75, 3.05) is 13.3 Å². The Morgan fingerprint density at radius 3 is 2.96 bits per heavy atom. The summed E-state index contributed by atoms with van der Waals surface area (Å²) in [6, 6.07) is 5.39. The van der Waals surface area contributed by atoms with Crippen LogP contribution in [0.3, 0.4) is 0 Å². The van der Waals surface area contributed by atoms with Gasteiger partial charge in [0.05, 0.1) is 24.6 Å². The summed E-state index contributed by atoms with van der Waals surface area (Å²) in [4.78, 5) is 26.4. The van der Waals surface area contributed by atoms with Crippen molar-refractivity contribution in [2.24, 2.45) is 11.8 Å². The summed E-state index contributed by atoms with van der Waals surface area (Å²) in [6.45, 7) is 2.49. The fourth-order valence-electron chi connectivity index (χ4n) is 4.49. The fourth-order valence-corrected chi connectivity index (χ4v) is 4.49. The average Bonchev–Trinajstić information content (AvgIpc) is 3.33. The molecule has 0 aliphatic carbocycles. The summed E-state index contributed by atoms with van der Waals surface area (Å²) >= 11 is 0. The highest BCUT2D eigenvalue weighted by molar-refractivity contribution is 5.91. The molecule has 4 aliphatic heterocycles. The number of benzene rings is 1. The molecule has 0 saturated carbocycles. The summed E-state index contributed by atoms with van der Waals surface area (Å²) < 4.78 is 16.7. The first kappa shape index (κ1) is 14.8. The molecule has 2 fully saturated rings. The van der Waals surface area contributed by atoms with Gasteiger partial charge in [0.25, 0.3) is 0 Å². The van der Waals surface area contributed by atoms with Crippen LogP contribution < -0.4 is 9.47 Å². The molecule has 2 saturated heterocycles. The SMILES string of the molecule is C[C@H](c1ccc2c(c1)OCO2)N1C[C@]23C=C[C@H](O2)[C@H](C(=O)O)[C@@H]3C1=O. The smallest absolute Gasteiger partial charge is 0.310 e. The number of fused-ring (bicyclic) bond motifs is 2. The molecule has 130 valence electrons. The molecular weight excluding hydrogens is 326 g/mol. The highest BCUT2D eigenvalue weighted by atomic mass is 16.7. The fraction of sp³-hybridized carbons (Fsp3) is 0.444. The van der Waals surface area contributed by atoms with Crippen molar-refractivity contribution >= 4 is 11.9 Å². The first-order chi connectivity index (χ1) is 12.0. The van der Waals surface area contributed by atoms with Gasteiger partial charge >= 0.3 is 5.97 Å². The van der Waals surface area contributed by atoms with Gasteiger partial charge in [-0.05, 0) is 24.6 Å². The van der Waals surface area contributed by atoms with E-state index in [9.17, 15) is 14.7 Å². The van der Waals surface area contributed by atoms with Gasteiger partial charge in [-0.15, -0.1) is 0 Å². The number of ether oxygens (including phenoxy) is 3. The van der Waals surface area contributed by atoms with Gasteiger partial charge in [-0.2, -0.15) is 0 Å². The summed E-state index contributed by atoms with van der Waals surface area (Å²) in [5.41, 5.74) is 0.106. The Morgan fingerprint density at radius 2 is 2.16 bits per heavy atom. The minimum Gasteiger partial charge on any atom is -0.481 e. The highest BCUT2D eigenvalue weighted by Gasteiger charge is 2.67. The molecule has 2 bridgehead atoms. The largest absolute Gasteiger partial charge is 0.481 e. The minimum atomic E-state index is -0.979. The second-order valence-electron chi connectivity index (χ2n) is 6.99. The van der Waals surface area contributed by atoms with E-state index in [0.717, 1.165) is 5.56 Å². The van der Waals surface area contributed by atoms with Crippen molar-refractivity contribution in [2.45, 2.75) is 24.7 Å². The van der Waals surface area contributed by atoms with Gasteiger partial charge in [-0.3, -0.25) is 9.59 Å². The van der Waals surface area contributed by atoms with E-state index in [2.05, 4.69) is 0 Å². The van der Waals surface area contributed by atoms with Gasteiger partial charge in [-0.25, -0.2) is 0 Å². The Hall–Kier alpha value is -2.54. The number of carbonyl (C=O) groups excluding carboxylic acids is 1. The minimum absolute atomic E-state index is 0.163. The maximum absolute atomic E-state index is 13.0. The molecule has 1 N–H and O–H groups in total. The van der Waals surface area contributed by atoms with Crippen molar-refractivity contribution in [3.05, 3.63) is 35.9 Å². The standard InChI is InChI=1S/C18H17NO6/c1-9(10-2-3-11-13(6-10)24-8-23-11)19-7-18-5-4-12(25-18)14(17(21)22)15(18)16(19)20/h2-6,9,12,14-15H,7-8H2,1H3,(H,21,22)/t9-,12+,14+,15-,18+/m1/s1. The molecular formula is C18H17NO6. The molecule has 1 aromatic rings. The van der Waals surface area contributed by atoms with Gasteiger partial charge in [0, 0.05) is 0 Å². The van der Waals surface area contributed by atoms with Crippen molar-refractivity contribution in [1.82, 2.24) is 4.90 Å². The average molecular weight is 343 g/mol. The predicted molar refractivity (Wildman–Crippen MR) is 84.1 cm³/mol. The number of rotatable bonds is 3. The number of carboxylic acids is 1. The van der Waals surface area contributed by atoms with E-state index in [0.29, 0.717) is 18.0 Å². The molecule has 4 aliphatic rings. The number of carboxylic acid groups (broad SMARTS) is 1. The second-order valence-corrected chi connectivity index (χ2v) is 6.99. The second kappa shape index (κ2) is 4.76. The Morgan fingerprint density at radius 1 is 1.36 bits per heavy atom. The van der Waals surface area contributed by atoms with Crippen LogP contribution in [0, 0.1) is 11.8 Å². The molecule has 1 aromatic carbocycles. The summed E-state index contributed by atoms with van der Waals surface area (Å²) in [5, 5.41) is 9.53. The van der Waals surface area contributed by atoms with E-state index in [1.807, 2.05) is 31.2 Å². The first-order valence-electron chi connectivity index (χ1n) is 8.30. The number of hydrogen-bond acceptors (Lipinski definition) is 5. The van der Waals surface area contributed by atoms with Crippen LogP contribution in [0.25, 0.3) is 0 Å². The monoisotopic (exact) mass is 343 g/mol. The van der Waals surface area contributed by atoms with Crippen molar-refractivity contribution < 1.29 is 28.9 Å². The van der Waals surface area contributed by atoms with Crippen LogP contribution in [0.1, 0.15) is 18.5 Å². The van der Waals surface area contributed by atoms with E-state index >= 15 is 0 Å². The lowest BCUT2D eigenvalue weighted by Gasteiger charge is -2.27. The van der Waals surface area contributed by atoms with E-state index < -0.39 is 29.5 Å². The van der Waals surface area contributed by atoms with Crippen molar-refractivity contribution in [1.29, 1.82) is 0 Å². The molecule has 1 spiro atoms. The van der Waals surface area contributed by atoms with Crippen LogP contribution in [0.4, 0.5) is 0 Å². The van der Waals surface area contributed by atoms with Gasteiger partial charge in [-0.1, -0.05) is 18.2 Å². The number of likely N-dealkylation sites (tertiary alicyclic amines) is 1. The van der Waals surface area contributed by atoms with E-state index in [4.69, 9.17) is 14.2 Å². The summed E-state index contributed by atoms with van der Waals surface area (Å²) in [7, 11) is 0. The molecule has 1 amide bonds. The summed E-state index contributed by atoms with van der Waals surface area (Å²) in [6.07, 6.45) is 3.14. The van der Waals surface area contributed by atoms with Crippen molar-refractivity contribution in [3.8, 4) is 11.5 Å². The van der Waals surface area contributed by atoms with Crippen LogP contribution in [0.15, 0.2) is 30.4 Å². The quantitative estimate of drug-likeness (QED) is 0.834. The van der Waals surface area contributed by atoms with Gasteiger partial charge in [0.1, 0.15) is 11.5 Å². The molecule has 0 radical (unpaired) electrons. The zero-order valence-corrected chi connectivity index (χ0v) is 13.5. The van der Waals surface area contributed by atoms with Gasteiger partial charge in [0.15, 0.2) is 11.5 Å². The van der Waals surface area contributed by atoms with Crippen LogP contribution in [-0.2, 0) is 14.3 Å². The zero-order chi connectivity index (χ0) is 17.3. The molecule has 7 nitrogen and oxygen atoms in total. The molecule has 5 rings (SSSR count). The van der Waals surface area contributed by atoms with E-state index in [-0.39, 0.29) is 18.7 Å². The van der Waals surface area contributed by atoms with E-state index in [1.165, 1.54) is 0 Å². The maximum Gasteiger partial charge on any atom is 0.310 e. The number of amides is 1. The maximum atomic E-state index is 13.0. The van der Waals surface area contributed by atoms with E-state index in [1.54, 1.807) is 11.0 Å². The Bertz CT molecular complexity index is 820. The zero-order valence-electron chi connectivity index (χ0n) is 13.5. The van der Waals surface area contributed by atoms with Crippen LogP contribution in [0.5, 0.6) is 11.5 Å². The molecule has 4 heterocycles. The number of carbonyl (C=O) groups is 2.